The van der Waals surface area contributed by atoms with Crippen molar-refractivity contribution >= 4 is 27.3 Å². The molecule has 1 aromatic heterocycles. The van der Waals surface area contributed by atoms with Crippen LogP contribution in [0.2, 0.25) is 0 Å². The lowest BCUT2D eigenvalue weighted by Crippen LogP contribution is -2.16. The maximum atomic E-state index is 3.48. The third-order valence-electron chi connectivity index (χ3n) is 2.21. The van der Waals surface area contributed by atoms with Crippen LogP contribution in [0.3, 0.4) is 0 Å². The molecule has 86 valence electrons. The average Bonchev–Trinajstić information content (AvgIpc) is 2.49. The van der Waals surface area contributed by atoms with Crippen LogP contribution in [0.4, 0.5) is 0 Å². The fourth-order valence-corrected chi connectivity index (χ4v) is 2.85. The Morgan fingerprint density at radius 3 is 2.60 bits per heavy atom. The van der Waals surface area contributed by atoms with Crippen LogP contribution in [0.5, 0.6) is 0 Å². The molecular formula is C12H20BrNS. The van der Waals surface area contributed by atoms with Crippen LogP contribution in [0, 0.1) is 5.41 Å². The van der Waals surface area contributed by atoms with Gasteiger partial charge in [0.25, 0.3) is 0 Å². The van der Waals surface area contributed by atoms with Crippen molar-refractivity contribution in [3.8, 4) is 0 Å². The van der Waals surface area contributed by atoms with E-state index in [-0.39, 0.29) is 0 Å². The Hall–Kier alpha value is 0.140. The van der Waals surface area contributed by atoms with Crippen LogP contribution in [-0.4, -0.2) is 6.54 Å². The van der Waals surface area contributed by atoms with Gasteiger partial charge in [0.15, 0.2) is 0 Å². The highest BCUT2D eigenvalue weighted by Gasteiger charge is 2.08. The van der Waals surface area contributed by atoms with Gasteiger partial charge >= 0.3 is 0 Å². The van der Waals surface area contributed by atoms with Crippen molar-refractivity contribution in [1.82, 2.24) is 5.32 Å². The quantitative estimate of drug-likeness (QED) is 0.791. The summed E-state index contributed by atoms with van der Waals surface area (Å²) in [6, 6.07) is 4.28. The van der Waals surface area contributed by atoms with Gasteiger partial charge in [-0.05, 0) is 52.9 Å². The first-order valence-corrected chi connectivity index (χ1v) is 7.03. The number of nitrogens with one attached hydrogen (secondary N) is 1. The van der Waals surface area contributed by atoms with E-state index in [4.69, 9.17) is 0 Å². The monoisotopic (exact) mass is 289 g/mol. The molecule has 0 saturated carbocycles. The molecule has 0 atom stereocenters. The van der Waals surface area contributed by atoms with Crippen LogP contribution >= 0.6 is 27.3 Å². The van der Waals surface area contributed by atoms with E-state index >= 15 is 0 Å². The molecule has 0 aliphatic carbocycles. The first kappa shape index (κ1) is 13.2. The largest absolute Gasteiger partial charge is 0.312 e. The number of hydrogen-bond acceptors (Lipinski definition) is 2. The summed E-state index contributed by atoms with van der Waals surface area (Å²) in [4.78, 5) is 1.40. The van der Waals surface area contributed by atoms with Gasteiger partial charge in [0.05, 0.1) is 3.79 Å². The normalized spacial score (nSPS) is 12.0. The van der Waals surface area contributed by atoms with Crippen molar-refractivity contribution in [1.29, 1.82) is 0 Å². The van der Waals surface area contributed by atoms with Crippen molar-refractivity contribution in [2.45, 2.75) is 40.2 Å². The molecule has 0 radical (unpaired) electrons. The Morgan fingerprint density at radius 1 is 1.33 bits per heavy atom. The highest BCUT2D eigenvalue weighted by molar-refractivity contribution is 9.11. The number of rotatable bonds is 5. The average molecular weight is 290 g/mol. The van der Waals surface area contributed by atoms with E-state index in [2.05, 4.69) is 54.2 Å². The van der Waals surface area contributed by atoms with E-state index in [1.807, 2.05) is 0 Å². The number of thiophene rings is 1. The van der Waals surface area contributed by atoms with E-state index in [9.17, 15) is 0 Å². The van der Waals surface area contributed by atoms with Crippen molar-refractivity contribution in [2.24, 2.45) is 5.41 Å². The summed E-state index contributed by atoms with van der Waals surface area (Å²) in [5.41, 5.74) is 0.466. The molecule has 0 saturated heterocycles. The zero-order chi connectivity index (χ0) is 11.3. The summed E-state index contributed by atoms with van der Waals surface area (Å²) < 4.78 is 1.22. The minimum absolute atomic E-state index is 0.466. The second kappa shape index (κ2) is 6.02. The topological polar surface area (TPSA) is 12.0 Å². The second-order valence-corrected chi connectivity index (χ2v) is 7.59. The van der Waals surface area contributed by atoms with Crippen LogP contribution in [-0.2, 0) is 6.54 Å². The van der Waals surface area contributed by atoms with Gasteiger partial charge in [0, 0.05) is 11.4 Å². The zero-order valence-corrected chi connectivity index (χ0v) is 12.2. The van der Waals surface area contributed by atoms with Gasteiger partial charge < -0.3 is 5.32 Å². The Balaban J connectivity index is 2.07. The Labute approximate surface area is 105 Å². The van der Waals surface area contributed by atoms with Gasteiger partial charge in [-0.25, -0.2) is 0 Å². The standard InChI is InChI=1S/C12H20BrNS/c1-12(2,3)7-4-8-14-9-10-5-6-11(13)15-10/h5-6,14H,4,7-9H2,1-3H3. The van der Waals surface area contributed by atoms with E-state index in [1.54, 1.807) is 11.3 Å². The highest BCUT2D eigenvalue weighted by Crippen LogP contribution is 2.22. The lowest BCUT2D eigenvalue weighted by Gasteiger charge is -2.17. The third kappa shape index (κ3) is 6.33. The van der Waals surface area contributed by atoms with Crippen molar-refractivity contribution < 1.29 is 0 Å². The molecule has 0 aromatic carbocycles. The molecule has 1 N–H and O–H groups in total. The lowest BCUT2D eigenvalue weighted by atomic mass is 9.91. The molecule has 1 aromatic rings. The molecule has 3 heteroatoms. The molecule has 0 unspecified atom stereocenters. The maximum Gasteiger partial charge on any atom is 0.0701 e. The summed E-state index contributed by atoms with van der Waals surface area (Å²) in [7, 11) is 0. The molecule has 0 bridgehead atoms. The molecule has 1 heterocycles. The van der Waals surface area contributed by atoms with Crippen LogP contribution < -0.4 is 5.32 Å². The van der Waals surface area contributed by atoms with Crippen molar-refractivity contribution in [3.05, 3.63) is 20.8 Å². The molecule has 0 aliphatic rings. The van der Waals surface area contributed by atoms with Gasteiger partial charge in [0.1, 0.15) is 0 Å². The molecule has 0 fully saturated rings. The summed E-state index contributed by atoms with van der Waals surface area (Å²) in [5, 5.41) is 3.48. The van der Waals surface area contributed by atoms with E-state index in [0.29, 0.717) is 5.41 Å². The zero-order valence-electron chi connectivity index (χ0n) is 9.77. The maximum absolute atomic E-state index is 3.48. The highest BCUT2D eigenvalue weighted by atomic mass is 79.9. The third-order valence-corrected chi connectivity index (χ3v) is 3.83. The molecule has 0 spiro atoms. The summed E-state index contributed by atoms with van der Waals surface area (Å²) >= 11 is 5.28. The first-order chi connectivity index (χ1) is 6.97. The van der Waals surface area contributed by atoms with Crippen LogP contribution in [0.1, 0.15) is 38.5 Å². The minimum Gasteiger partial charge on any atom is -0.312 e. The number of hydrogen-bond donors (Lipinski definition) is 1. The molecule has 1 nitrogen and oxygen atoms in total. The van der Waals surface area contributed by atoms with Gasteiger partial charge in [-0.3, -0.25) is 0 Å². The SMILES string of the molecule is CC(C)(C)CCCNCc1ccc(Br)s1. The number of halogens is 1. The Bertz CT molecular complexity index is 288. The first-order valence-electron chi connectivity index (χ1n) is 5.42. The van der Waals surface area contributed by atoms with Crippen LogP contribution in [0.25, 0.3) is 0 Å². The summed E-state index contributed by atoms with van der Waals surface area (Å²) in [6.45, 7) is 9.00. The molecule has 1 rings (SSSR count). The smallest absolute Gasteiger partial charge is 0.0701 e. The molecule has 0 amide bonds. The minimum atomic E-state index is 0.466. The van der Waals surface area contributed by atoms with E-state index in [0.717, 1.165) is 13.1 Å². The van der Waals surface area contributed by atoms with Gasteiger partial charge in [-0.1, -0.05) is 20.8 Å². The van der Waals surface area contributed by atoms with Crippen molar-refractivity contribution in [2.75, 3.05) is 6.54 Å². The van der Waals surface area contributed by atoms with Crippen molar-refractivity contribution in [3.63, 3.8) is 0 Å². The van der Waals surface area contributed by atoms with Gasteiger partial charge in [-0.2, -0.15) is 0 Å². The molecule has 0 aliphatic heterocycles. The van der Waals surface area contributed by atoms with E-state index < -0.39 is 0 Å². The second-order valence-electron chi connectivity index (χ2n) is 5.05. The predicted octanol–water partition coefficient (Wildman–Crippen LogP) is 4.43. The fourth-order valence-electron chi connectivity index (χ4n) is 1.40. The molecule has 15 heavy (non-hydrogen) atoms. The summed E-state index contributed by atoms with van der Waals surface area (Å²) in [6.07, 6.45) is 2.55. The van der Waals surface area contributed by atoms with Crippen LogP contribution in [0.15, 0.2) is 15.9 Å². The lowest BCUT2D eigenvalue weighted by molar-refractivity contribution is 0.361. The fraction of sp³-hybridized carbons (Fsp3) is 0.667. The summed E-state index contributed by atoms with van der Waals surface area (Å²) in [5.74, 6) is 0. The predicted molar refractivity (Wildman–Crippen MR) is 72.4 cm³/mol. The Kier molecular flexibility index (Phi) is 5.30. The Morgan fingerprint density at radius 2 is 2.07 bits per heavy atom. The van der Waals surface area contributed by atoms with E-state index in [1.165, 1.54) is 21.5 Å². The molecular weight excluding hydrogens is 270 g/mol. The van der Waals surface area contributed by atoms with Gasteiger partial charge in [0.2, 0.25) is 0 Å². The van der Waals surface area contributed by atoms with Gasteiger partial charge in [-0.15, -0.1) is 11.3 Å².